The summed E-state index contributed by atoms with van der Waals surface area (Å²) >= 11 is 0. The Bertz CT molecular complexity index is 1130. The summed E-state index contributed by atoms with van der Waals surface area (Å²) < 4.78 is 8.24. The molecule has 3 aromatic carbocycles. The van der Waals surface area contributed by atoms with Crippen LogP contribution in [0.1, 0.15) is 22.9 Å². The molecule has 0 aliphatic rings. The predicted octanol–water partition coefficient (Wildman–Crippen LogP) is 3.78. The van der Waals surface area contributed by atoms with E-state index in [2.05, 4.69) is 11.9 Å². The van der Waals surface area contributed by atoms with Crippen LogP contribution in [0, 0.1) is 12.8 Å². The monoisotopic (exact) mass is 440 g/mol. The maximum Gasteiger partial charge on any atom is 0.351 e. The van der Waals surface area contributed by atoms with Gasteiger partial charge in [0.2, 0.25) is 0 Å². The lowest BCUT2D eigenvalue weighted by molar-refractivity contribution is -0.116. The van der Waals surface area contributed by atoms with Crippen molar-refractivity contribution in [1.29, 1.82) is 0 Å². The molecule has 1 radical (unpaired) electrons. The van der Waals surface area contributed by atoms with E-state index in [0.29, 0.717) is 0 Å². The SMILES string of the molecule is [CH2]C(CO)[C@H](OC(c1ccccc1)(c1ccccc1)c1ccccc1)n1ccc(N)nc1=O. The molecule has 0 saturated heterocycles. The van der Waals surface area contributed by atoms with Gasteiger partial charge in [-0.1, -0.05) is 91.0 Å². The van der Waals surface area contributed by atoms with E-state index in [0.717, 1.165) is 16.7 Å². The molecule has 0 spiro atoms. The molecule has 6 heteroatoms. The topological polar surface area (TPSA) is 90.4 Å². The van der Waals surface area contributed by atoms with Crippen LogP contribution < -0.4 is 11.4 Å². The molecule has 1 heterocycles. The van der Waals surface area contributed by atoms with Gasteiger partial charge in [-0.25, -0.2) is 4.79 Å². The van der Waals surface area contributed by atoms with Gasteiger partial charge in [-0.15, -0.1) is 0 Å². The van der Waals surface area contributed by atoms with Gasteiger partial charge >= 0.3 is 5.69 Å². The molecule has 0 saturated carbocycles. The number of aliphatic hydroxyl groups is 1. The summed E-state index contributed by atoms with van der Waals surface area (Å²) in [6.07, 6.45) is 0.589. The first kappa shape index (κ1) is 22.5. The normalized spacial score (nSPS) is 13.4. The highest BCUT2D eigenvalue weighted by Gasteiger charge is 2.41. The highest BCUT2D eigenvalue weighted by atomic mass is 16.5. The molecule has 0 amide bonds. The molecule has 6 nitrogen and oxygen atoms in total. The second-order valence-electron chi connectivity index (χ2n) is 7.77. The lowest BCUT2D eigenvalue weighted by atomic mass is 9.80. The van der Waals surface area contributed by atoms with E-state index in [1.54, 1.807) is 0 Å². The van der Waals surface area contributed by atoms with E-state index in [-0.39, 0.29) is 12.4 Å². The van der Waals surface area contributed by atoms with Crippen LogP contribution in [0.15, 0.2) is 108 Å². The van der Waals surface area contributed by atoms with Crippen LogP contribution in [0.5, 0.6) is 0 Å². The zero-order valence-electron chi connectivity index (χ0n) is 18.1. The van der Waals surface area contributed by atoms with Crippen molar-refractivity contribution in [2.75, 3.05) is 12.3 Å². The Labute approximate surface area is 192 Å². The number of aliphatic hydroxyl groups excluding tert-OH is 1. The van der Waals surface area contributed by atoms with Crippen molar-refractivity contribution >= 4 is 5.82 Å². The van der Waals surface area contributed by atoms with E-state index in [1.165, 1.54) is 16.8 Å². The van der Waals surface area contributed by atoms with Crippen LogP contribution in [0.2, 0.25) is 0 Å². The predicted molar refractivity (Wildman–Crippen MR) is 128 cm³/mol. The molecule has 0 bridgehead atoms. The number of rotatable bonds is 8. The average molecular weight is 441 g/mol. The van der Waals surface area contributed by atoms with E-state index >= 15 is 0 Å². The van der Waals surface area contributed by atoms with Crippen LogP contribution in [0.4, 0.5) is 5.82 Å². The fourth-order valence-corrected chi connectivity index (χ4v) is 3.99. The number of anilines is 1. The van der Waals surface area contributed by atoms with Crippen LogP contribution in [0.25, 0.3) is 0 Å². The highest BCUT2D eigenvalue weighted by Crippen LogP contribution is 2.44. The van der Waals surface area contributed by atoms with E-state index < -0.39 is 23.4 Å². The molecule has 33 heavy (non-hydrogen) atoms. The number of aromatic nitrogens is 2. The second kappa shape index (κ2) is 9.81. The van der Waals surface area contributed by atoms with Crippen molar-refractivity contribution in [1.82, 2.24) is 9.55 Å². The Kier molecular flexibility index (Phi) is 6.68. The Morgan fingerprint density at radius 2 is 1.33 bits per heavy atom. The first-order chi connectivity index (χ1) is 16.1. The number of hydrogen-bond donors (Lipinski definition) is 2. The summed E-state index contributed by atoms with van der Waals surface area (Å²) in [5, 5.41) is 10.0. The fourth-order valence-electron chi connectivity index (χ4n) is 3.99. The second-order valence-corrected chi connectivity index (χ2v) is 7.77. The summed E-state index contributed by atoms with van der Waals surface area (Å²) in [4.78, 5) is 16.6. The maximum atomic E-state index is 12.8. The van der Waals surface area contributed by atoms with Crippen molar-refractivity contribution in [3.05, 3.63) is 137 Å². The third-order valence-corrected chi connectivity index (χ3v) is 5.60. The summed E-state index contributed by atoms with van der Waals surface area (Å²) in [5.41, 5.74) is 6.64. The van der Waals surface area contributed by atoms with Gasteiger partial charge in [0, 0.05) is 12.1 Å². The third-order valence-electron chi connectivity index (χ3n) is 5.60. The quantitative estimate of drug-likeness (QED) is 0.407. The largest absolute Gasteiger partial charge is 0.396 e. The number of benzene rings is 3. The zero-order valence-corrected chi connectivity index (χ0v) is 18.1. The lowest BCUT2D eigenvalue weighted by Gasteiger charge is -2.40. The molecule has 0 fully saturated rings. The molecule has 4 rings (SSSR count). The Morgan fingerprint density at radius 1 is 0.879 bits per heavy atom. The first-order valence-corrected chi connectivity index (χ1v) is 10.7. The molecule has 167 valence electrons. The number of nitrogen functional groups attached to an aromatic ring is 1. The third kappa shape index (κ3) is 4.44. The molecular formula is C27H26N3O3. The average Bonchev–Trinajstić information content (AvgIpc) is 2.87. The molecule has 0 aliphatic heterocycles. The van der Waals surface area contributed by atoms with Crippen molar-refractivity contribution in [3.63, 3.8) is 0 Å². The molecule has 4 aromatic rings. The number of nitrogens with zero attached hydrogens (tertiary/aromatic N) is 2. The van der Waals surface area contributed by atoms with E-state index in [1.807, 2.05) is 91.0 Å². The van der Waals surface area contributed by atoms with Crippen molar-refractivity contribution in [3.8, 4) is 0 Å². The standard InChI is InChI=1S/C27H26N3O3/c1-20(19-31)25(30-18-17-24(28)29-26(30)32)33-27(21-11-5-2-6-12-21,22-13-7-3-8-14-22)23-15-9-4-10-16-23/h2-18,20,25,31H,1,19H2,(H2,28,29,32)/t20?,25-/m0/s1. The molecule has 0 aliphatic carbocycles. The zero-order chi connectivity index (χ0) is 23.3. The molecule has 1 unspecified atom stereocenters. The minimum absolute atomic E-state index is 0.111. The van der Waals surface area contributed by atoms with Gasteiger partial charge in [0.25, 0.3) is 0 Å². The number of ether oxygens (including phenoxy) is 1. The Morgan fingerprint density at radius 3 is 1.73 bits per heavy atom. The maximum absolute atomic E-state index is 12.8. The first-order valence-electron chi connectivity index (χ1n) is 10.7. The molecule has 1 aromatic heterocycles. The van der Waals surface area contributed by atoms with Crippen molar-refractivity contribution in [2.45, 2.75) is 11.8 Å². The van der Waals surface area contributed by atoms with E-state index in [4.69, 9.17) is 10.5 Å². The molecule has 3 N–H and O–H groups in total. The van der Waals surface area contributed by atoms with Gasteiger partial charge in [-0.05, 0) is 29.7 Å². The van der Waals surface area contributed by atoms with Crippen LogP contribution in [0.3, 0.4) is 0 Å². The minimum atomic E-state index is -1.10. The lowest BCUT2D eigenvalue weighted by Crippen LogP contribution is -2.41. The summed E-state index contributed by atoms with van der Waals surface area (Å²) in [6.45, 7) is 3.77. The van der Waals surface area contributed by atoms with E-state index in [9.17, 15) is 9.90 Å². The smallest absolute Gasteiger partial charge is 0.351 e. The van der Waals surface area contributed by atoms with Gasteiger partial charge < -0.3 is 15.6 Å². The van der Waals surface area contributed by atoms with Gasteiger partial charge in [-0.2, -0.15) is 4.98 Å². The van der Waals surface area contributed by atoms with Crippen LogP contribution in [-0.2, 0) is 10.3 Å². The van der Waals surface area contributed by atoms with Gasteiger partial charge in [0.05, 0.1) is 6.61 Å². The van der Waals surface area contributed by atoms with Gasteiger partial charge in [0.15, 0.2) is 0 Å². The van der Waals surface area contributed by atoms with Crippen molar-refractivity contribution in [2.24, 2.45) is 5.92 Å². The fraction of sp³-hybridized carbons (Fsp3) is 0.148. The Balaban J connectivity index is 2.00. The summed E-state index contributed by atoms with van der Waals surface area (Å²) in [6, 6.07) is 30.9. The van der Waals surface area contributed by atoms with Crippen LogP contribution in [-0.4, -0.2) is 21.3 Å². The minimum Gasteiger partial charge on any atom is -0.396 e. The number of hydrogen-bond acceptors (Lipinski definition) is 5. The molecule has 2 atom stereocenters. The number of nitrogens with two attached hydrogens (primary N) is 1. The van der Waals surface area contributed by atoms with Gasteiger partial charge in [-0.3, -0.25) is 4.57 Å². The van der Waals surface area contributed by atoms with Crippen LogP contribution >= 0.6 is 0 Å². The highest BCUT2D eigenvalue weighted by molar-refractivity contribution is 5.47. The summed E-state index contributed by atoms with van der Waals surface area (Å²) in [7, 11) is 0. The van der Waals surface area contributed by atoms with Crippen molar-refractivity contribution < 1.29 is 9.84 Å². The Hall–Kier alpha value is -3.74. The van der Waals surface area contributed by atoms with Gasteiger partial charge in [0.1, 0.15) is 17.6 Å². The summed E-state index contributed by atoms with van der Waals surface area (Å²) in [5.74, 6) is -0.552. The molecular weight excluding hydrogens is 414 g/mol.